The van der Waals surface area contributed by atoms with Gasteiger partial charge in [0.15, 0.2) is 0 Å². The smallest absolute Gasteiger partial charge is 0.261 e. The van der Waals surface area contributed by atoms with E-state index in [9.17, 15) is 13.6 Å². The van der Waals surface area contributed by atoms with Gasteiger partial charge < -0.3 is 10.3 Å². The minimum Gasteiger partial charge on any atom is -0.344 e. The van der Waals surface area contributed by atoms with Crippen molar-refractivity contribution in [1.29, 1.82) is 0 Å². The molecule has 2 aromatic carbocycles. The average Bonchev–Trinajstić information content (AvgIpc) is 3.32. The maximum Gasteiger partial charge on any atom is 0.261 e. The fraction of sp³-hybridized carbons (Fsp3) is 0.0476. The van der Waals surface area contributed by atoms with Crippen molar-refractivity contribution in [2.45, 2.75) is 6.92 Å². The summed E-state index contributed by atoms with van der Waals surface area (Å²) in [5, 5.41) is 2.53. The molecule has 0 radical (unpaired) electrons. The Morgan fingerprint density at radius 1 is 1.11 bits per heavy atom. The number of thiophene rings is 1. The van der Waals surface area contributed by atoms with Gasteiger partial charge in [-0.1, -0.05) is 18.2 Å². The molecule has 4 rings (SSSR count). The van der Waals surface area contributed by atoms with Crippen molar-refractivity contribution in [2.75, 3.05) is 5.32 Å². The predicted octanol–water partition coefficient (Wildman–Crippen LogP) is 5.64. The Hall–Kier alpha value is -3.32. The van der Waals surface area contributed by atoms with Crippen molar-refractivity contribution >= 4 is 22.9 Å². The number of carbonyl (C=O) groups is 1. The molecule has 0 aliphatic rings. The lowest BCUT2D eigenvalue weighted by molar-refractivity contribution is 0.101. The van der Waals surface area contributed by atoms with Gasteiger partial charge in [0.05, 0.1) is 23.1 Å². The molecule has 2 N–H and O–H groups in total. The number of hydrogen-bond acceptors (Lipinski definition) is 3. The van der Waals surface area contributed by atoms with Gasteiger partial charge in [-0.15, -0.1) is 11.3 Å². The molecule has 0 unspecified atom stereocenters. The zero-order valence-electron chi connectivity index (χ0n) is 14.8. The lowest BCUT2D eigenvalue weighted by Crippen LogP contribution is -2.15. The Bertz CT molecular complexity index is 1110. The first-order valence-corrected chi connectivity index (χ1v) is 9.29. The summed E-state index contributed by atoms with van der Waals surface area (Å²) in [6.07, 6.45) is 3.41. The Morgan fingerprint density at radius 3 is 2.46 bits per heavy atom. The number of carbonyl (C=O) groups excluding carboxylic acids is 1. The Balaban J connectivity index is 1.56. The fourth-order valence-electron chi connectivity index (χ4n) is 2.91. The number of anilines is 1. The van der Waals surface area contributed by atoms with Crippen molar-refractivity contribution < 1.29 is 13.6 Å². The van der Waals surface area contributed by atoms with E-state index < -0.39 is 23.1 Å². The van der Waals surface area contributed by atoms with Crippen molar-refractivity contribution in [3.8, 4) is 21.0 Å². The van der Waals surface area contributed by atoms with Crippen LogP contribution in [0.15, 0.2) is 61.1 Å². The highest BCUT2D eigenvalue weighted by atomic mass is 32.1. The number of imidazole rings is 1. The average molecular weight is 395 g/mol. The highest BCUT2D eigenvalue weighted by Crippen LogP contribution is 2.37. The summed E-state index contributed by atoms with van der Waals surface area (Å²) in [4.78, 5) is 21.5. The number of rotatable bonds is 4. The number of benzene rings is 2. The first kappa shape index (κ1) is 18.1. The predicted molar refractivity (Wildman–Crippen MR) is 106 cm³/mol. The van der Waals surface area contributed by atoms with Gasteiger partial charge in [0.25, 0.3) is 5.91 Å². The Kier molecular flexibility index (Phi) is 4.75. The molecule has 2 aromatic heterocycles. The third-order valence-corrected chi connectivity index (χ3v) is 5.60. The highest BCUT2D eigenvalue weighted by Gasteiger charge is 2.17. The number of hydrogen-bond donors (Lipinski definition) is 2. The molecule has 140 valence electrons. The van der Waals surface area contributed by atoms with Crippen LogP contribution in [0.25, 0.3) is 21.0 Å². The Morgan fingerprint density at radius 2 is 1.82 bits per heavy atom. The molecule has 0 bridgehead atoms. The molecule has 2 heterocycles. The number of nitrogens with zero attached hydrogens (tertiary/aromatic N) is 1. The van der Waals surface area contributed by atoms with Crippen LogP contribution in [0.1, 0.15) is 15.9 Å². The fourth-order valence-corrected chi connectivity index (χ4v) is 4.06. The number of aromatic amines is 1. The van der Waals surface area contributed by atoms with E-state index in [1.807, 2.05) is 19.1 Å². The minimum absolute atomic E-state index is 0.458. The number of halogens is 2. The van der Waals surface area contributed by atoms with E-state index in [0.717, 1.165) is 38.7 Å². The molecule has 7 heteroatoms. The summed E-state index contributed by atoms with van der Waals surface area (Å²) < 4.78 is 27.5. The van der Waals surface area contributed by atoms with E-state index in [2.05, 4.69) is 21.4 Å². The van der Waals surface area contributed by atoms with Gasteiger partial charge in [0.2, 0.25) is 0 Å². The zero-order chi connectivity index (χ0) is 19.7. The van der Waals surface area contributed by atoms with Crippen LogP contribution in [0.3, 0.4) is 0 Å². The third-order valence-electron chi connectivity index (χ3n) is 4.28. The van der Waals surface area contributed by atoms with Gasteiger partial charge in [0, 0.05) is 10.6 Å². The summed E-state index contributed by atoms with van der Waals surface area (Å²) in [6.45, 7) is 2.03. The number of aryl methyl sites for hydroxylation is 1. The van der Waals surface area contributed by atoms with E-state index in [1.54, 1.807) is 36.0 Å². The molecule has 28 heavy (non-hydrogen) atoms. The summed E-state index contributed by atoms with van der Waals surface area (Å²) in [7, 11) is 0. The SMILES string of the molecule is Cc1cc(-c2cnc[nH]2)sc1-c1ccc(NC(=O)c2c(F)cccc2F)cc1. The van der Waals surface area contributed by atoms with Gasteiger partial charge in [-0.2, -0.15) is 0 Å². The lowest BCUT2D eigenvalue weighted by Gasteiger charge is -2.08. The van der Waals surface area contributed by atoms with E-state index in [0.29, 0.717) is 5.69 Å². The Labute approximate surface area is 163 Å². The van der Waals surface area contributed by atoms with E-state index in [-0.39, 0.29) is 0 Å². The summed E-state index contributed by atoms with van der Waals surface area (Å²) in [5.74, 6) is -2.61. The normalized spacial score (nSPS) is 10.8. The second-order valence-electron chi connectivity index (χ2n) is 6.22. The minimum atomic E-state index is -0.894. The number of aromatic nitrogens is 2. The summed E-state index contributed by atoms with van der Waals surface area (Å²) in [6, 6.07) is 12.6. The molecule has 0 spiro atoms. The summed E-state index contributed by atoms with van der Waals surface area (Å²) >= 11 is 1.63. The second-order valence-corrected chi connectivity index (χ2v) is 7.27. The van der Waals surface area contributed by atoms with Crippen molar-refractivity contribution in [3.63, 3.8) is 0 Å². The topological polar surface area (TPSA) is 57.8 Å². The third kappa shape index (κ3) is 3.44. The second kappa shape index (κ2) is 7.36. The van der Waals surface area contributed by atoms with Crippen molar-refractivity contribution in [3.05, 3.63) is 83.8 Å². The van der Waals surface area contributed by atoms with Crippen LogP contribution in [0, 0.1) is 18.6 Å². The van der Waals surface area contributed by atoms with Crippen LogP contribution in [0.5, 0.6) is 0 Å². The van der Waals surface area contributed by atoms with Crippen LogP contribution in [-0.4, -0.2) is 15.9 Å². The molecular formula is C21H15F2N3OS. The molecule has 0 aliphatic heterocycles. The molecule has 0 aliphatic carbocycles. The van der Waals surface area contributed by atoms with E-state index in [1.165, 1.54) is 6.07 Å². The van der Waals surface area contributed by atoms with Gasteiger partial charge in [0.1, 0.15) is 17.2 Å². The highest BCUT2D eigenvalue weighted by molar-refractivity contribution is 7.19. The van der Waals surface area contributed by atoms with Crippen molar-refractivity contribution in [1.82, 2.24) is 9.97 Å². The largest absolute Gasteiger partial charge is 0.344 e. The van der Waals surface area contributed by atoms with E-state index in [4.69, 9.17) is 0 Å². The first-order chi connectivity index (χ1) is 13.5. The molecule has 0 saturated heterocycles. The van der Waals surface area contributed by atoms with Gasteiger partial charge in [-0.05, 0) is 48.4 Å². The van der Waals surface area contributed by atoms with E-state index >= 15 is 0 Å². The molecule has 4 nitrogen and oxygen atoms in total. The molecule has 4 aromatic rings. The molecular weight excluding hydrogens is 380 g/mol. The quantitative estimate of drug-likeness (QED) is 0.469. The number of amides is 1. The maximum atomic E-state index is 13.7. The standard InChI is InChI=1S/C21H15F2N3OS/c1-12-9-18(17-10-24-11-25-17)28-20(12)13-5-7-14(8-6-13)26-21(27)19-15(22)3-2-4-16(19)23/h2-11H,1H3,(H,24,25)(H,26,27). The lowest BCUT2D eigenvalue weighted by atomic mass is 10.1. The van der Waals surface area contributed by atoms with Gasteiger partial charge >= 0.3 is 0 Å². The molecule has 0 fully saturated rings. The number of nitrogens with one attached hydrogen (secondary N) is 2. The van der Waals surface area contributed by atoms with Crippen LogP contribution in [-0.2, 0) is 0 Å². The van der Waals surface area contributed by atoms with Crippen LogP contribution in [0.2, 0.25) is 0 Å². The van der Waals surface area contributed by atoms with Gasteiger partial charge in [-0.3, -0.25) is 4.79 Å². The molecule has 0 saturated carbocycles. The first-order valence-electron chi connectivity index (χ1n) is 8.48. The van der Waals surface area contributed by atoms with Crippen LogP contribution in [0.4, 0.5) is 14.5 Å². The monoisotopic (exact) mass is 395 g/mol. The van der Waals surface area contributed by atoms with Gasteiger partial charge in [-0.25, -0.2) is 13.8 Å². The zero-order valence-corrected chi connectivity index (χ0v) is 15.6. The molecule has 1 amide bonds. The maximum absolute atomic E-state index is 13.7. The summed E-state index contributed by atoms with van der Waals surface area (Å²) in [5.41, 5.74) is 2.93. The van der Waals surface area contributed by atoms with Crippen molar-refractivity contribution in [2.24, 2.45) is 0 Å². The van der Waals surface area contributed by atoms with Crippen LogP contribution < -0.4 is 5.32 Å². The molecule has 0 atom stereocenters. The number of H-pyrrole nitrogens is 1. The van der Waals surface area contributed by atoms with Crippen LogP contribution >= 0.6 is 11.3 Å².